The van der Waals surface area contributed by atoms with E-state index in [1.54, 1.807) is 0 Å². The molecule has 0 radical (unpaired) electrons. The van der Waals surface area contributed by atoms with Gasteiger partial charge in [-0.2, -0.15) is 0 Å². The number of carbonyl (C=O) groups excluding carboxylic acids is 1. The number of benzene rings is 1. The molecule has 1 N–H and O–H groups in total. The number of nitrogens with zero attached hydrogens (tertiary/aromatic N) is 1. The molecule has 4 heteroatoms. The molecule has 2 aliphatic carbocycles. The Morgan fingerprint density at radius 1 is 1.00 bits per heavy atom. The Morgan fingerprint density at radius 3 is 2.32 bits per heavy atom. The Balaban J connectivity index is 1.37. The van der Waals surface area contributed by atoms with E-state index in [1.807, 2.05) is 12.1 Å². The number of nitrogens with one attached hydrogen (secondary N) is 1. The Hall–Kier alpha value is -1.55. The number of rotatable bonds is 1. The summed E-state index contributed by atoms with van der Waals surface area (Å²) in [5, 5.41) is 2.86. The van der Waals surface area contributed by atoms with Crippen LogP contribution < -0.4 is 5.32 Å². The number of piperidine rings is 1. The quantitative estimate of drug-likeness (QED) is 0.818. The third kappa shape index (κ3) is 2.57. The van der Waals surface area contributed by atoms with Crippen LogP contribution in [0.1, 0.15) is 56.9 Å². The molecule has 1 amide bonds. The summed E-state index contributed by atoms with van der Waals surface area (Å²) in [5.74, 6) is 1.81. The molecule has 5 rings (SSSR count). The van der Waals surface area contributed by atoms with Gasteiger partial charge in [0.1, 0.15) is 5.60 Å². The highest BCUT2D eigenvalue weighted by molar-refractivity contribution is 5.88. The van der Waals surface area contributed by atoms with Crippen LogP contribution in [0.15, 0.2) is 24.3 Å². The molecule has 4 aliphatic rings. The maximum atomic E-state index is 12.1. The summed E-state index contributed by atoms with van der Waals surface area (Å²) in [6, 6.07) is 8.94. The molecule has 2 heterocycles. The highest BCUT2D eigenvalue weighted by Crippen LogP contribution is 2.47. The van der Waals surface area contributed by atoms with Gasteiger partial charge in [-0.3, -0.25) is 10.2 Å². The fraction of sp³-hybridized carbons (Fsp3) is 0.667. The number of amides is 1. The summed E-state index contributed by atoms with van der Waals surface area (Å²) in [6.45, 7) is 2.11. The minimum absolute atomic E-state index is 0.290. The van der Waals surface area contributed by atoms with Crippen molar-refractivity contribution in [2.75, 3.05) is 18.4 Å². The maximum absolute atomic E-state index is 12.1. The van der Waals surface area contributed by atoms with Gasteiger partial charge in [0, 0.05) is 37.5 Å². The van der Waals surface area contributed by atoms with Crippen LogP contribution in [-0.2, 0) is 10.3 Å². The third-order valence-corrected chi connectivity index (χ3v) is 7.24. The van der Waals surface area contributed by atoms with Crippen molar-refractivity contribution in [2.24, 2.45) is 11.8 Å². The van der Waals surface area contributed by atoms with Crippen LogP contribution in [0, 0.1) is 11.8 Å². The lowest BCUT2D eigenvalue weighted by molar-refractivity contribution is -0.0701. The first kappa shape index (κ1) is 15.7. The van der Waals surface area contributed by atoms with Gasteiger partial charge in [-0.25, -0.2) is 4.79 Å². The summed E-state index contributed by atoms with van der Waals surface area (Å²) in [7, 11) is 0. The average Bonchev–Trinajstić information content (AvgIpc) is 2.62. The molecule has 134 valence electrons. The second-order valence-corrected chi connectivity index (χ2v) is 8.46. The third-order valence-electron chi connectivity index (χ3n) is 7.24. The van der Waals surface area contributed by atoms with E-state index in [-0.39, 0.29) is 6.09 Å². The number of carbonyl (C=O) groups is 1. The lowest BCUT2D eigenvalue weighted by atomic mass is 9.67. The van der Waals surface area contributed by atoms with Gasteiger partial charge < -0.3 is 4.74 Å². The largest absolute Gasteiger partial charge is 0.438 e. The van der Waals surface area contributed by atoms with Crippen molar-refractivity contribution in [2.45, 2.75) is 63.0 Å². The van der Waals surface area contributed by atoms with Crippen molar-refractivity contribution in [1.82, 2.24) is 4.90 Å². The molecule has 2 aliphatic heterocycles. The van der Waals surface area contributed by atoms with Gasteiger partial charge in [-0.15, -0.1) is 0 Å². The van der Waals surface area contributed by atoms with Crippen LogP contribution in [0.2, 0.25) is 0 Å². The molecule has 0 aromatic heterocycles. The molecule has 4 nitrogen and oxygen atoms in total. The van der Waals surface area contributed by atoms with Gasteiger partial charge in [0.05, 0.1) is 5.69 Å². The van der Waals surface area contributed by atoms with Crippen molar-refractivity contribution in [3.63, 3.8) is 0 Å². The van der Waals surface area contributed by atoms with Gasteiger partial charge in [0.25, 0.3) is 0 Å². The van der Waals surface area contributed by atoms with Crippen molar-refractivity contribution >= 4 is 11.8 Å². The maximum Gasteiger partial charge on any atom is 0.412 e. The summed E-state index contributed by atoms with van der Waals surface area (Å²) in [5.41, 5.74) is 1.68. The Bertz CT molecular complexity index is 644. The number of hydrogen-bond acceptors (Lipinski definition) is 3. The van der Waals surface area contributed by atoms with E-state index in [0.29, 0.717) is 0 Å². The molecule has 1 aromatic rings. The van der Waals surface area contributed by atoms with E-state index in [2.05, 4.69) is 22.3 Å². The van der Waals surface area contributed by atoms with Gasteiger partial charge in [0.2, 0.25) is 0 Å². The van der Waals surface area contributed by atoms with E-state index in [9.17, 15) is 4.79 Å². The molecule has 1 aromatic carbocycles. The van der Waals surface area contributed by atoms with Crippen LogP contribution >= 0.6 is 0 Å². The summed E-state index contributed by atoms with van der Waals surface area (Å²) in [6.07, 6.45) is 10.1. The zero-order valence-electron chi connectivity index (χ0n) is 14.9. The first-order valence-electron chi connectivity index (χ1n) is 10.1. The molecule has 1 spiro atoms. The number of anilines is 1. The van der Waals surface area contributed by atoms with E-state index in [4.69, 9.17) is 4.74 Å². The standard InChI is InChI=1S/C21H28N2O2/c24-20-22-18-10-2-1-9-17(18)21(25-20)11-13-23(14-12-21)19-15-5-3-6-16(19)8-4-7-15/h1-2,9-10,15-16,19H,3-8,11-14H2,(H,22,24). The van der Waals surface area contributed by atoms with Crippen molar-refractivity contribution < 1.29 is 9.53 Å². The van der Waals surface area contributed by atoms with Gasteiger partial charge in [-0.05, 0) is 43.6 Å². The van der Waals surface area contributed by atoms with Gasteiger partial charge >= 0.3 is 6.09 Å². The minimum Gasteiger partial charge on any atom is -0.438 e. The number of likely N-dealkylation sites (tertiary alicyclic amines) is 1. The Kier molecular flexibility index (Phi) is 3.77. The van der Waals surface area contributed by atoms with E-state index in [1.165, 1.54) is 38.5 Å². The Morgan fingerprint density at radius 2 is 1.64 bits per heavy atom. The number of fused-ring (bicyclic) bond motifs is 4. The molecule has 2 bridgehead atoms. The predicted molar refractivity (Wildman–Crippen MR) is 97.5 cm³/mol. The number of hydrogen-bond donors (Lipinski definition) is 1. The van der Waals surface area contributed by atoms with E-state index in [0.717, 1.165) is 55.1 Å². The van der Waals surface area contributed by atoms with Gasteiger partial charge in [0.15, 0.2) is 0 Å². The number of para-hydroxylation sites is 1. The normalized spacial score (nSPS) is 34.1. The van der Waals surface area contributed by atoms with Crippen molar-refractivity contribution in [1.29, 1.82) is 0 Å². The number of ether oxygens (including phenoxy) is 1. The first-order chi connectivity index (χ1) is 12.3. The molecular formula is C21H28N2O2. The molecule has 0 unspecified atom stereocenters. The summed E-state index contributed by atoms with van der Waals surface area (Å²) in [4.78, 5) is 14.8. The zero-order chi connectivity index (χ0) is 16.9. The monoisotopic (exact) mass is 340 g/mol. The lowest BCUT2D eigenvalue weighted by Crippen LogP contribution is -2.56. The van der Waals surface area contributed by atoms with E-state index < -0.39 is 5.60 Å². The molecule has 0 atom stereocenters. The van der Waals surface area contributed by atoms with Crippen LogP contribution in [-0.4, -0.2) is 30.1 Å². The van der Waals surface area contributed by atoms with Crippen molar-refractivity contribution in [3.8, 4) is 0 Å². The molecule has 1 saturated heterocycles. The first-order valence-corrected chi connectivity index (χ1v) is 10.1. The lowest BCUT2D eigenvalue weighted by Gasteiger charge is -2.52. The molecule has 3 fully saturated rings. The summed E-state index contributed by atoms with van der Waals surface area (Å²) >= 11 is 0. The van der Waals surface area contributed by atoms with Crippen LogP contribution in [0.3, 0.4) is 0 Å². The molecule has 2 saturated carbocycles. The highest BCUT2D eigenvalue weighted by Gasteiger charge is 2.47. The fourth-order valence-corrected chi connectivity index (χ4v) is 6.15. The highest BCUT2D eigenvalue weighted by atomic mass is 16.6. The fourth-order valence-electron chi connectivity index (χ4n) is 6.15. The van der Waals surface area contributed by atoms with Gasteiger partial charge in [-0.1, -0.05) is 31.0 Å². The smallest absolute Gasteiger partial charge is 0.412 e. The predicted octanol–water partition coefficient (Wildman–Crippen LogP) is 4.51. The summed E-state index contributed by atoms with van der Waals surface area (Å²) < 4.78 is 5.89. The molecular weight excluding hydrogens is 312 g/mol. The van der Waals surface area contributed by atoms with Crippen LogP contribution in [0.4, 0.5) is 10.5 Å². The SMILES string of the molecule is O=C1Nc2ccccc2C2(CCN(C3C4CCCC3CCC4)CC2)O1. The van der Waals surface area contributed by atoms with Crippen molar-refractivity contribution in [3.05, 3.63) is 29.8 Å². The van der Waals surface area contributed by atoms with Crippen LogP contribution in [0.5, 0.6) is 0 Å². The second-order valence-electron chi connectivity index (χ2n) is 8.46. The topological polar surface area (TPSA) is 41.6 Å². The average molecular weight is 340 g/mol. The van der Waals surface area contributed by atoms with Crippen LogP contribution in [0.25, 0.3) is 0 Å². The second kappa shape index (κ2) is 6.01. The van der Waals surface area contributed by atoms with E-state index >= 15 is 0 Å². The Labute approximate surface area is 149 Å². The molecule has 25 heavy (non-hydrogen) atoms. The minimum atomic E-state index is -0.417. The zero-order valence-corrected chi connectivity index (χ0v) is 14.9.